The molecule has 22 heavy (non-hydrogen) atoms. The smallest absolute Gasteiger partial charge is 0.230 e. The van der Waals surface area contributed by atoms with Gasteiger partial charge < -0.3 is 20.1 Å². The van der Waals surface area contributed by atoms with Crippen molar-refractivity contribution < 1.29 is 14.3 Å². The molecule has 1 aliphatic heterocycles. The van der Waals surface area contributed by atoms with Gasteiger partial charge in [0.05, 0.1) is 18.6 Å². The Kier molecular flexibility index (Phi) is 6.36. The third-order valence-electron chi connectivity index (χ3n) is 4.17. The molecule has 1 fully saturated rings. The van der Waals surface area contributed by atoms with Crippen LogP contribution in [-0.4, -0.2) is 39.3 Å². The van der Waals surface area contributed by atoms with Gasteiger partial charge in [0.1, 0.15) is 0 Å². The predicted octanol–water partition coefficient (Wildman–Crippen LogP) is 1.47. The number of carbonyl (C=O) groups is 1. The summed E-state index contributed by atoms with van der Waals surface area (Å²) in [6.07, 6.45) is 0.813. The lowest BCUT2D eigenvalue weighted by Crippen LogP contribution is -2.45. The van der Waals surface area contributed by atoms with E-state index in [2.05, 4.69) is 10.6 Å². The van der Waals surface area contributed by atoms with Crippen LogP contribution in [0.4, 0.5) is 0 Å². The summed E-state index contributed by atoms with van der Waals surface area (Å²) in [5, 5.41) is 6.32. The van der Waals surface area contributed by atoms with Gasteiger partial charge in [-0.2, -0.15) is 0 Å². The molecule has 1 aliphatic rings. The molecule has 1 heterocycles. The molecule has 122 valence electrons. The molecule has 0 saturated carbocycles. The van der Waals surface area contributed by atoms with E-state index in [0.717, 1.165) is 24.1 Å². The molecule has 0 bridgehead atoms. The monoisotopic (exact) mass is 306 g/mol. The van der Waals surface area contributed by atoms with Crippen molar-refractivity contribution in [2.45, 2.75) is 26.5 Å². The summed E-state index contributed by atoms with van der Waals surface area (Å²) in [5.74, 6) is 0.0607. The van der Waals surface area contributed by atoms with Crippen molar-refractivity contribution in [1.29, 1.82) is 0 Å². The first-order valence-electron chi connectivity index (χ1n) is 7.84. The van der Waals surface area contributed by atoms with E-state index in [1.807, 2.05) is 31.2 Å². The summed E-state index contributed by atoms with van der Waals surface area (Å²) in [7, 11) is 1.64. The molecule has 1 aromatic carbocycles. The Morgan fingerprint density at radius 1 is 1.36 bits per heavy atom. The fourth-order valence-corrected chi connectivity index (χ4v) is 2.85. The van der Waals surface area contributed by atoms with Gasteiger partial charge in [-0.1, -0.05) is 24.3 Å². The standard InChI is InChI=1S/C17H26N2O3/c1-3-22-11-15-7-5-4-6-14(15)10-19-16(20)17(13-21-2)8-9-18-12-17/h4-7,18H,3,8-13H2,1-2H3,(H,19,20). The zero-order valence-corrected chi connectivity index (χ0v) is 13.5. The second-order valence-corrected chi connectivity index (χ2v) is 5.73. The van der Waals surface area contributed by atoms with Crippen LogP contribution in [0.1, 0.15) is 24.5 Å². The number of rotatable bonds is 8. The van der Waals surface area contributed by atoms with E-state index in [-0.39, 0.29) is 5.91 Å². The number of hydrogen-bond acceptors (Lipinski definition) is 4. The number of benzene rings is 1. The van der Waals surface area contributed by atoms with E-state index < -0.39 is 5.41 Å². The number of ether oxygens (including phenoxy) is 2. The van der Waals surface area contributed by atoms with E-state index in [1.165, 1.54) is 0 Å². The molecule has 1 aromatic rings. The van der Waals surface area contributed by atoms with Crippen molar-refractivity contribution in [2.24, 2.45) is 5.41 Å². The van der Waals surface area contributed by atoms with Gasteiger partial charge in [-0.15, -0.1) is 0 Å². The maximum absolute atomic E-state index is 12.6. The van der Waals surface area contributed by atoms with Crippen LogP contribution in [-0.2, 0) is 27.4 Å². The van der Waals surface area contributed by atoms with E-state index in [9.17, 15) is 4.79 Å². The summed E-state index contributed by atoms with van der Waals surface area (Å²) in [5.41, 5.74) is 1.78. The lowest BCUT2D eigenvalue weighted by Gasteiger charge is -2.26. The maximum Gasteiger partial charge on any atom is 0.230 e. The minimum absolute atomic E-state index is 0.0607. The van der Waals surface area contributed by atoms with Crippen LogP contribution in [0.5, 0.6) is 0 Å². The number of hydrogen-bond donors (Lipinski definition) is 2. The van der Waals surface area contributed by atoms with Gasteiger partial charge in [-0.05, 0) is 31.0 Å². The number of carbonyl (C=O) groups excluding carboxylic acids is 1. The molecule has 0 aliphatic carbocycles. The van der Waals surface area contributed by atoms with Crippen LogP contribution in [0.25, 0.3) is 0 Å². The van der Waals surface area contributed by atoms with E-state index in [0.29, 0.717) is 32.9 Å². The van der Waals surface area contributed by atoms with Crippen molar-refractivity contribution >= 4 is 5.91 Å². The molecule has 5 heteroatoms. The molecule has 1 unspecified atom stereocenters. The van der Waals surface area contributed by atoms with Gasteiger partial charge in [0.2, 0.25) is 5.91 Å². The Hall–Kier alpha value is -1.43. The average Bonchev–Trinajstić information content (AvgIpc) is 3.01. The van der Waals surface area contributed by atoms with Crippen molar-refractivity contribution in [3.63, 3.8) is 0 Å². The van der Waals surface area contributed by atoms with Crippen LogP contribution in [0.3, 0.4) is 0 Å². The minimum atomic E-state index is -0.441. The lowest BCUT2D eigenvalue weighted by atomic mass is 9.87. The van der Waals surface area contributed by atoms with E-state index in [4.69, 9.17) is 9.47 Å². The van der Waals surface area contributed by atoms with Gasteiger partial charge in [0, 0.05) is 26.8 Å². The number of nitrogens with one attached hydrogen (secondary N) is 2. The highest BCUT2D eigenvalue weighted by atomic mass is 16.5. The Labute approximate surface area is 132 Å². The summed E-state index contributed by atoms with van der Waals surface area (Å²) >= 11 is 0. The summed E-state index contributed by atoms with van der Waals surface area (Å²) < 4.78 is 10.7. The average molecular weight is 306 g/mol. The molecule has 0 spiro atoms. The highest BCUT2D eigenvalue weighted by molar-refractivity contribution is 5.83. The highest BCUT2D eigenvalue weighted by Gasteiger charge is 2.41. The number of methoxy groups -OCH3 is 1. The third-order valence-corrected chi connectivity index (χ3v) is 4.17. The Bertz CT molecular complexity index is 485. The van der Waals surface area contributed by atoms with Gasteiger partial charge in [0.15, 0.2) is 0 Å². The summed E-state index contributed by atoms with van der Waals surface area (Å²) in [6, 6.07) is 8.05. The van der Waals surface area contributed by atoms with Crippen LogP contribution in [0.15, 0.2) is 24.3 Å². The van der Waals surface area contributed by atoms with Crippen LogP contribution in [0, 0.1) is 5.41 Å². The predicted molar refractivity (Wildman–Crippen MR) is 85.4 cm³/mol. The molecule has 2 rings (SSSR count). The SMILES string of the molecule is CCOCc1ccccc1CNC(=O)C1(COC)CCNC1. The summed E-state index contributed by atoms with van der Waals surface area (Å²) in [4.78, 5) is 12.6. The minimum Gasteiger partial charge on any atom is -0.384 e. The first-order chi connectivity index (χ1) is 10.7. The molecule has 0 aromatic heterocycles. The largest absolute Gasteiger partial charge is 0.384 e. The third kappa shape index (κ3) is 4.06. The van der Waals surface area contributed by atoms with E-state index >= 15 is 0 Å². The molecular weight excluding hydrogens is 280 g/mol. The van der Waals surface area contributed by atoms with Gasteiger partial charge >= 0.3 is 0 Å². The topological polar surface area (TPSA) is 59.6 Å². The lowest BCUT2D eigenvalue weighted by molar-refractivity contribution is -0.133. The second-order valence-electron chi connectivity index (χ2n) is 5.73. The fourth-order valence-electron chi connectivity index (χ4n) is 2.85. The summed E-state index contributed by atoms with van der Waals surface area (Å²) in [6.45, 7) is 5.74. The molecule has 2 N–H and O–H groups in total. The molecule has 0 radical (unpaired) electrons. The van der Waals surface area contributed by atoms with Crippen LogP contribution >= 0.6 is 0 Å². The van der Waals surface area contributed by atoms with Crippen molar-refractivity contribution in [3.05, 3.63) is 35.4 Å². The second kappa shape index (κ2) is 8.27. The molecule has 1 amide bonds. The van der Waals surface area contributed by atoms with Gasteiger partial charge in [0.25, 0.3) is 0 Å². The van der Waals surface area contributed by atoms with Crippen LogP contribution < -0.4 is 10.6 Å². The van der Waals surface area contributed by atoms with Crippen molar-refractivity contribution in [2.75, 3.05) is 33.4 Å². The van der Waals surface area contributed by atoms with E-state index in [1.54, 1.807) is 7.11 Å². The quantitative estimate of drug-likeness (QED) is 0.763. The van der Waals surface area contributed by atoms with Crippen molar-refractivity contribution in [3.8, 4) is 0 Å². The normalized spacial score (nSPS) is 21.0. The van der Waals surface area contributed by atoms with Crippen LogP contribution in [0.2, 0.25) is 0 Å². The fraction of sp³-hybridized carbons (Fsp3) is 0.588. The maximum atomic E-state index is 12.6. The Balaban J connectivity index is 1.98. The Morgan fingerprint density at radius 2 is 2.14 bits per heavy atom. The molecule has 5 nitrogen and oxygen atoms in total. The molecule has 1 atom stereocenters. The molecular formula is C17H26N2O3. The zero-order chi connectivity index (χ0) is 15.8. The van der Waals surface area contributed by atoms with Gasteiger partial charge in [-0.3, -0.25) is 4.79 Å². The first kappa shape index (κ1) is 16.9. The first-order valence-corrected chi connectivity index (χ1v) is 7.84. The van der Waals surface area contributed by atoms with Crippen molar-refractivity contribution in [1.82, 2.24) is 10.6 Å². The van der Waals surface area contributed by atoms with Gasteiger partial charge in [-0.25, -0.2) is 0 Å². The zero-order valence-electron chi connectivity index (χ0n) is 13.5. The Morgan fingerprint density at radius 3 is 2.77 bits per heavy atom. The molecule has 1 saturated heterocycles. The number of amides is 1. The highest BCUT2D eigenvalue weighted by Crippen LogP contribution is 2.26.